The summed E-state index contributed by atoms with van der Waals surface area (Å²) in [5, 5.41) is 25.6. The molecule has 22 aromatic rings. The number of nitriles is 1. The van der Waals surface area contributed by atoms with Gasteiger partial charge in [-0.3, -0.25) is 4.57 Å². The van der Waals surface area contributed by atoms with Gasteiger partial charge in [0.2, 0.25) is 5.95 Å². The number of aromatic nitrogens is 8. The number of halogens is 1. The van der Waals surface area contributed by atoms with Crippen molar-refractivity contribution >= 4 is 158 Å². The van der Waals surface area contributed by atoms with Gasteiger partial charge >= 0.3 is 0 Å². The summed E-state index contributed by atoms with van der Waals surface area (Å²) in [5.41, 5.74) is 22.2. The molecule has 15 aromatic carbocycles. The van der Waals surface area contributed by atoms with Gasteiger partial charge in [0.25, 0.3) is 0 Å². The van der Waals surface area contributed by atoms with E-state index in [9.17, 15) is 5.26 Å². The highest BCUT2D eigenvalue weighted by atomic mass is 79.9. The van der Waals surface area contributed by atoms with E-state index in [4.69, 9.17) is 9.97 Å². The standard InChI is InChI=1S/C39H23N5.C30H20N2.C12H8BrN.C12H9N/c40-24-34-31-14-4-7-15-33(31)41-39(42-34)44-36-17-9-6-13-29(36)32-22-25(19-21-37(32)44)26-18-20-30-28-12-5-8-16-35(28)43(38(30)23-26)27-10-2-1-3-11-27;1-2-8-22(9-3-1)32-29-13-7-5-11-24(29)25-16-14-21(19-30(25)32)20-15-17-28-26(18-20)23-10-4-6-12-27(23)31-28;13-8-5-6-12-10(7-8)9-3-1-2-4-11(9)14-12;1-3-7-11-9(5-1)10-6-2-4-8-12(10)13-11/h1-23H;1-19,31H;1-7,14H;1-8,13H. The number of nitrogens with zero attached hydrogens (tertiary/aromatic N) is 6. The van der Waals surface area contributed by atoms with Gasteiger partial charge in [-0.15, -0.1) is 0 Å². The number of H-pyrrole nitrogens is 3. The van der Waals surface area contributed by atoms with Crippen molar-refractivity contribution in [3.8, 4) is 45.6 Å². The number of fused-ring (bicyclic) bond motifs is 19. The molecule has 0 saturated carbocycles. The summed E-state index contributed by atoms with van der Waals surface area (Å²) in [6.07, 6.45) is 0. The minimum atomic E-state index is 0.371. The summed E-state index contributed by atoms with van der Waals surface area (Å²) in [7, 11) is 0. The smallest absolute Gasteiger partial charge is 0.236 e. The average molecular weight is 1380 g/mol. The van der Waals surface area contributed by atoms with Gasteiger partial charge in [0.15, 0.2) is 5.69 Å². The summed E-state index contributed by atoms with van der Waals surface area (Å²) in [4.78, 5) is 19.9. The van der Waals surface area contributed by atoms with Crippen LogP contribution in [0.5, 0.6) is 0 Å². The van der Waals surface area contributed by atoms with Crippen LogP contribution in [0.15, 0.2) is 350 Å². The van der Waals surface area contributed by atoms with Crippen LogP contribution in [0.25, 0.3) is 181 Å². The lowest BCUT2D eigenvalue weighted by Crippen LogP contribution is -2.03. The summed E-state index contributed by atoms with van der Waals surface area (Å²) in [6, 6.07) is 124. The van der Waals surface area contributed by atoms with Crippen molar-refractivity contribution in [2.75, 3.05) is 0 Å². The highest BCUT2D eigenvalue weighted by Gasteiger charge is 2.20. The van der Waals surface area contributed by atoms with Crippen LogP contribution in [0.3, 0.4) is 0 Å². The van der Waals surface area contributed by atoms with Gasteiger partial charge in [-0.05, 0) is 156 Å². The molecule has 10 heteroatoms. The number of nitrogens with one attached hydrogen (secondary N) is 3. The number of para-hydroxylation sites is 10. The summed E-state index contributed by atoms with van der Waals surface area (Å²) in [5.74, 6) is 0.494. The quantitative estimate of drug-likeness (QED) is 0.160. The zero-order chi connectivity index (χ0) is 68.5. The molecule has 0 bridgehead atoms. The zero-order valence-corrected chi connectivity index (χ0v) is 57.1. The molecule has 9 nitrogen and oxygen atoms in total. The maximum atomic E-state index is 9.91. The lowest BCUT2D eigenvalue weighted by atomic mass is 10.0. The van der Waals surface area contributed by atoms with Gasteiger partial charge < -0.3 is 24.1 Å². The van der Waals surface area contributed by atoms with Crippen molar-refractivity contribution in [1.82, 2.24) is 38.6 Å². The van der Waals surface area contributed by atoms with Crippen LogP contribution in [0.4, 0.5) is 0 Å². The normalized spacial score (nSPS) is 11.5. The van der Waals surface area contributed by atoms with E-state index in [0.717, 1.165) is 54.0 Å². The molecule has 3 N–H and O–H groups in total. The van der Waals surface area contributed by atoms with Gasteiger partial charge in [0.05, 0.1) is 38.6 Å². The monoisotopic (exact) mass is 1380 g/mol. The predicted octanol–water partition coefficient (Wildman–Crippen LogP) is 24.9. The maximum absolute atomic E-state index is 9.91. The molecule has 0 aliphatic rings. The van der Waals surface area contributed by atoms with E-state index in [0.29, 0.717) is 11.6 Å². The Balaban J connectivity index is 0.000000107. The fourth-order valence-corrected chi connectivity index (χ4v) is 15.6. The van der Waals surface area contributed by atoms with Crippen molar-refractivity contribution in [2.45, 2.75) is 0 Å². The molecule has 0 atom stereocenters. The average Bonchev–Trinajstić information content (AvgIpc) is 1.60. The minimum absolute atomic E-state index is 0.371. The Morgan fingerprint density at radius 2 is 0.592 bits per heavy atom. The van der Waals surface area contributed by atoms with Crippen LogP contribution < -0.4 is 0 Å². The van der Waals surface area contributed by atoms with Crippen molar-refractivity contribution in [3.63, 3.8) is 0 Å². The SMILES string of the molecule is Brc1ccc2[nH]c3ccccc3c2c1.N#Cc1nc(-n2c3ccccc3c3cc(-c4ccc5c6ccccc6n(-c6ccccc6)c5c4)ccc32)nc2ccccc12.c1ccc(-n2c3ccccc3c3ccc(-c4ccc5[nH]c6ccccc6c5c4)cc32)cc1.c1ccc2c(c1)[nH]c1ccccc12. The van der Waals surface area contributed by atoms with Gasteiger partial charge in [-0.25, -0.2) is 9.97 Å². The minimum Gasteiger partial charge on any atom is -0.355 e. The molecule has 7 aromatic heterocycles. The second-order valence-electron chi connectivity index (χ2n) is 25.9. The summed E-state index contributed by atoms with van der Waals surface area (Å²) < 4.78 is 7.91. The maximum Gasteiger partial charge on any atom is 0.236 e. The molecular formula is C93H60BrN9. The van der Waals surface area contributed by atoms with E-state index in [2.05, 4.69) is 360 Å². The fourth-order valence-electron chi connectivity index (χ4n) is 15.3. The van der Waals surface area contributed by atoms with Crippen molar-refractivity contribution in [1.29, 1.82) is 5.26 Å². The van der Waals surface area contributed by atoms with Crippen LogP contribution in [0.2, 0.25) is 0 Å². The topological polar surface area (TPSA) is 112 Å². The van der Waals surface area contributed by atoms with Crippen LogP contribution in [-0.4, -0.2) is 38.6 Å². The van der Waals surface area contributed by atoms with Gasteiger partial charge in [0, 0.05) is 119 Å². The molecule has 22 rings (SSSR count). The molecule has 0 unspecified atom stereocenters. The van der Waals surface area contributed by atoms with E-state index in [1.807, 2.05) is 36.4 Å². The molecule has 484 valence electrons. The lowest BCUT2D eigenvalue weighted by molar-refractivity contribution is 1.00. The Labute approximate surface area is 599 Å². The van der Waals surface area contributed by atoms with Crippen molar-refractivity contribution in [3.05, 3.63) is 356 Å². The Bertz CT molecular complexity index is 7050. The van der Waals surface area contributed by atoms with Crippen molar-refractivity contribution < 1.29 is 0 Å². The van der Waals surface area contributed by atoms with Gasteiger partial charge in [0.1, 0.15) is 6.07 Å². The summed E-state index contributed by atoms with van der Waals surface area (Å²) >= 11 is 3.49. The van der Waals surface area contributed by atoms with E-state index >= 15 is 0 Å². The third kappa shape index (κ3) is 10.6. The predicted molar refractivity (Wildman–Crippen MR) is 433 cm³/mol. The van der Waals surface area contributed by atoms with E-state index in [1.165, 1.54) is 126 Å². The molecule has 0 amide bonds. The highest BCUT2D eigenvalue weighted by Crippen LogP contribution is 2.41. The van der Waals surface area contributed by atoms with Crippen LogP contribution in [-0.2, 0) is 0 Å². The molecule has 0 aliphatic carbocycles. The molecule has 0 spiro atoms. The molecule has 103 heavy (non-hydrogen) atoms. The molecule has 7 heterocycles. The first-order chi connectivity index (χ1) is 50.9. The van der Waals surface area contributed by atoms with E-state index in [1.54, 1.807) is 0 Å². The number of aromatic amines is 3. The Morgan fingerprint density at radius 1 is 0.252 bits per heavy atom. The second-order valence-corrected chi connectivity index (χ2v) is 26.8. The second kappa shape index (κ2) is 25.3. The number of hydrogen-bond acceptors (Lipinski definition) is 3. The number of hydrogen-bond donors (Lipinski definition) is 3. The van der Waals surface area contributed by atoms with Crippen LogP contribution >= 0.6 is 15.9 Å². The first-order valence-electron chi connectivity index (χ1n) is 34.4. The van der Waals surface area contributed by atoms with Crippen molar-refractivity contribution in [2.24, 2.45) is 0 Å². The van der Waals surface area contributed by atoms with E-state index in [-0.39, 0.29) is 0 Å². The molecule has 0 aliphatic heterocycles. The third-order valence-electron chi connectivity index (χ3n) is 20.0. The molecule has 0 fully saturated rings. The van der Waals surface area contributed by atoms with Crippen LogP contribution in [0, 0.1) is 11.3 Å². The Morgan fingerprint density at radius 3 is 1.10 bits per heavy atom. The Kier molecular flexibility index (Phi) is 14.9. The Hall–Kier alpha value is -13.6. The summed E-state index contributed by atoms with van der Waals surface area (Å²) in [6.45, 7) is 0. The fraction of sp³-hybridized carbons (Fsp3) is 0. The molecule has 0 radical (unpaired) electrons. The van der Waals surface area contributed by atoms with Crippen LogP contribution in [0.1, 0.15) is 5.69 Å². The highest BCUT2D eigenvalue weighted by molar-refractivity contribution is 9.10. The third-order valence-corrected chi connectivity index (χ3v) is 20.5. The van der Waals surface area contributed by atoms with Gasteiger partial charge in [-0.1, -0.05) is 228 Å². The molecular weight excluding hydrogens is 1320 g/mol. The largest absolute Gasteiger partial charge is 0.355 e. The van der Waals surface area contributed by atoms with Gasteiger partial charge in [-0.2, -0.15) is 5.26 Å². The number of rotatable bonds is 5. The first-order valence-corrected chi connectivity index (χ1v) is 35.2. The first kappa shape index (κ1) is 60.6. The lowest BCUT2D eigenvalue weighted by Gasteiger charge is -2.10. The zero-order valence-electron chi connectivity index (χ0n) is 55.5. The van der Waals surface area contributed by atoms with E-state index < -0.39 is 0 Å². The molecule has 0 saturated heterocycles. The number of benzene rings is 15.